The summed E-state index contributed by atoms with van der Waals surface area (Å²) < 4.78 is 6.82. The SMILES string of the molecule is C[C@H](OC(=O)c1cnn(C)c1)C(=O)N1c2ccccc2C[C@H]1C. The Balaban J connectivity index is 1.74. The second-order valence-electron chi connectivity index (χ2n) is 5.84. The van der Waals surface area contributed by atoms with E-state index in [0.717, 1.165) is 17.7 Å². The van der Waals surface area contributed by atoms with E-state index in [-0.39, 0.29) is 11.9 Å². The maximum Gasteiger partial charge on any atom is 0.342 e. The van der Waals surface area contributed by atoms with Crippen LogP contribution in [0.1, 0.15) is 29.8 Å². The number of rotatable bonds is 3. The Morgan fingerprint density at radius 2 is 2.09 bits per heavy atom. The molecule has 0 N–H and O–H groups in total. The molecule has 0 unspecified atom stereocenters. The number of carbonyl (C=O) groups excluding carboxylic acids is 2. The van der Waals surface area contributed by atoms with Crippen LogP contribution >= 0.6 is 0 Å². The van der Waals surface area contributed by atoms with Crippen molar-refractivity contribution in [2.24, 2.45) is 7.05 Å². The number of nitrogens with zero attached hydrogens (tertiary/aromatic N) is 3. The van der Waals surface area contributed by atoms with Crippen molar-refractivity contribution in [3.63, 3.8) is 0 Å². The molecular weight excluding hydrogens is 294 g/mol. The van der Waals surface area contributed by atoms with Crippen LogP contribution < -0.4 is 4.90 Å². The van der Waals surface area contributed by atoms with Crippen LogP contribution in [0.5, 0.6) is 0 Å². The Labute approximate surface area is 134 Å². The molecule has 1 aliphatic rings. The minimum atomic E-state index is -0.851. The van der Waals surface area contributed by atoms with Crippen LogP contribution in [0, 0.1) is 0 Å². The van der Waals surface area contributed by atoms with E-state index < -0.39 is 12.1 Å². The van der Waals surface area contributed by atoms with Crippen molar-refractivity contribution in [1.82, 2.24) is 9.78 Å². The Morgan fingerprint density at radius 3 is 2.78 bits per heavy atom. The van der Waals surface area contributed by atoms with Gasteiger partial charge in [-0.2, -0.15) is 5.10 Å². The van der Waals surface area contributed by atoms with Crippen molar-refractivity contribution < 1.29 is 14.3 Å². The second kappa shape index (κ2) is 5.87. The molecule has 2 atom stereocenters. The number of hydrogen-bond acceptors (Lipinski definition) is 4. The average molecular weight is 313 g/mol. The van der Waals surface area contributed by atoms with E-state index in [0.29, 0.717) is 5.56 Å². The fourth-order valence-electron chi connectivity index (χ4n) is 2.90. The van der Waals surface area contributed by atoms with Crippen molar-refractivity contribution in [3.05, 3.63) is 47.8 Å². The molecule has 120 valence electrons. The molecule has 1 aliphatic heterocycles. The summed E-state index contributed by atoms with van der Waals surface area (Å²) in [5.41, 5.74) is 2.37. The highest BCUT2D eigenvalue weighted by Gasteiger charge is 2.34. The van der Waals surface area contributed by atoms with Crippen molar-refractivity contribution in [1.29, 1.82) is 0 Å². The first-order valence-corrected chi connectivity index (χ1v) is 7.58. The van der Waals surface area contributed by atoms with Gasteiger partial charge in [0.1, 0.15) is 0 Å². The highest BCUT2D eigenvalue weighted by molar-refractivity contribution is 6.00. The number of aryl methyl sites for hydroxylation is 1. The molecule has 2 aromatic rings. The van der Waals surface area contributed by atoms with Crippen LogP contribution in [0.15, 0.2) is 36.7 Å². The van der Waals surface area contributed by atoms with E-state index in [9.17, 15) is 9.59 Å². The van der Waals surface area contributed by atoms with Crippen LogP contribution in [-0.2, 0) is 23.0 Å². The van der Waals surface area contributed by atoms with Crippen molar-refractivity contribution in [2.45, 2.75) is 32.4 Å². The first kappa shape index (κ1) is 15.3. The van der Waals surface area contributed by atoms with Crippen LogP contribution in [0.4, 0.5) is 5.69 Å². The molecule has 2 heterocycles. The minimum absolute atomic E-state index is 0.0550. The highest BCUT2D eigenvalue weighted by atomic mass is 16.5. The Kier molecular flexibility index (Phi) is 3.90. The number of ether oxygens (including phenoxy) is 1. The predicted molar refractivity (Wildman–Crippen MR) is 85.2 cm³/mol. The molecule has 0 fully saturated rings. The lowest BCUT2D eigenvalue weighted by molar-refractivity contribution is -0.126. The van der Waals surface area contributed by atoms with Gasteiger partial charge in [0.2, 0.25) is 0 Å². The Morgan fingerprint density at radius 1 is 1.35 bits per heavy atom. The molecule has 0 saturated carbocycles. The molecule has 6 nitrogen and oxygen atoms in total. The third-order valence-corrected chi connectivity index (χ3v) is 4.02. The smallest absolute Gasteiger partial charge is 0.342 e. The summed E-state index contributed by atoms with van der Waals surface area (Å²) in [6.07, 6.45) is 2.95. The molecule has 3 rings (SSSR count). The van der Waals surface area contributed by atoms with Gasteiger partial charge in [0, 0.05) is 25.0 Å². The predicted octanol–water partition coefficient (Wildman–Crippen LogP) is 1.94. The number of carbonyl (C=O) groups is 2. The summed E-state index contributed by atoms with van der Waals surface area (Å²) in [6.45, 7) is 3.60. The Bertz CT molecular complexity index is 753. The molecule has 0 bridgehead atoms. The number of aromatic nitrogens is 2. The van der Waals surface area contributed by atoms with E-state index >= 15 is 0 Å². The van der Waals surface area contributed by atoms with Crippen molar-refractivity contribution in [2.75, 3.05) is 4.90 Å². The zero-order valence-corrected chi connectivity index (χ0v) is 13.4. The topological polar surface area (TPSA) is 64.4 Å². The minimum Gasteiger partial charge on any atom is -0.449 e. The zero-order chi connectivity index (χ0) is 16.6. The van der Waals surface area contributed by atoms with Gasteiger partial charge >= 0.3 is 5.97 Å². The van der Waals surface area contributed by atoms with Crippen LogP contribution in [0.25, 0.3) is 0 Å². The standard InChI is InChI=1S/C17H19N3O3/c1-11-8-13-6-4-5-7-15(13)20(11)16(21)12(2)23-17(22)14-9-18-19(3)10-14/h4-7,9-12H,8H2,1-3H3/t11-,12+/m1/s1. The number of esters is 1. The first-order valence-electron chi connectivity index (χ1n) is 7.58. The summed E-state index contributed by atoms with van der Waals surface area (Å²) in [7, 11) is 1.72. The number of para-hydroxylation sites is 1. The summed E-state index contributed by atoms with van der Waals surface area (Å²) >= 11 is 0. The molecule has 1 aromatic heterocycles. The van der Waals surface area contributed by atoms with Gasteiger partial charge in [-0.3, -0.25) is 9.48 Å². The molecule has 0 spiro atoms. The van der Waals surface area contributed by atoms with E-state index in [4.69, 9.17) is 4.74 Å². The summed E-state index contributed by atoms with van der Waals surface area (Å²) in [4.78, 5) is 26.5. The summed E-state index contributed by atoms with van der Waals surface area (Å²) in [6, 6.07) is 7.87. The molecule has 23 heavy (non-hydrogen) atoms. The maximum absolute atomic E-state index is 12.7. The molecule has 1 amide bonds. The number of amides is 1. The van der Waals surface area contributed by atoms with E-state index in [1.807, 2.05) is 31.2 Å². The van der Waals surface area contributed by atoms with Crippen molar-refractivity contribution in [3.8, 4) is 0 Å². The molecule has 1 aromatic carbocycles. The van der Waals surface area contributed by atoms with Gasteiger partial charge in [0.05, 0.1) is 11.8 Å². The van der Waals surface area contributed by atoms with Crippen LogP contribution in [-0.4, -0.2) is 33.8 Å². The molecule has 6 heteroatoms. The van der Waals surface area contributed by atoms with E-state index in [2.05, 4.69) is 5.10 Å². The molecule has 0 saturated heterocycles. The van der Waals surface area contributed by atoms with Gasteiger partial charge in [0.25, 0.3) is 5.91 Å². The molecular formula is C17H19N3O3. The fraction of sp³-hybridized carbons (Fsp3) is 0.353. The average Bonchev–Trinajstić information content (AvgIpc) is 3.09. The van der Waals surface area contributed by atoms with E-state index in [1.54, 1.807) is 25.1 Å². The molecule has 0 radical (unpaired) electrons. The zero-order valence-electron chi connectivity index (χ0n) is 13.4. The van der Waals surface area contributed by atoms with Gasteiger partial charge in [-0.15, -0.1) is 0 Å². The Hall–Kier alpha value is -2.63. The van der Waals surface area contributed by atoms with Gasteiger partial charge in [-0.25, -0.2) is 4.79 Å². The normalized spacial score (nSPS) is 17.7. The largest absolute Gasteiger partial charge is 0.449 e. The quantitative estimate of drug-likeness (QED) is 0.812. The number of anilines is 1. The summed E-state index contributed by atoms with van der Waals surface area (Å²) in [5, 5.41) is 3.93. The summed E-state index contributed by atoms with van der Waals surface area (Å²) in [5.74, 6) is -0.751. The monoisotopic (exact) mass is 313 g/mol. The number of hydrogen-bond donors (Lipinski definition) is 0. The second-order valence-corrected chi connectivity index (χ2v) is 5.84. The third kappa shape index (κ3) is 2.84. The lowest BCUT2D eigenvalue weighted by atomic mass is 10.1. The maximum atomic E-state index is 12.7. The van der Waals surface area contributed by atoms with Gasteiger partial charge < -0.3 is 9.64 Å². The van der Waals surface area contributed by atoms with E-state index in [1.165, 1.54) is 10.9 Å². The lowest BCUT2D eigenvalue weighted by Crippen LogP contribution is -2.43. The molecule has 0 aliphatic carbocycles. The van der Waals surface area contributed by atoms with Crippen LogP contribution in [0.2, 0.25) is 0 Å². The number of benzene rings is 1. The van der Waals surface area contributed by atoms with Crippen LogP contribution in [0.3, 0.4) is 0 Å². The first-order chi connectivity index (χ1) is 11.0. The van der Waals surface area contributed by atoms with Gasteiger partial charge in [-0.1, -0.05) is 18.2 Å². The van der Waals surface area contributed by atoms with Crippen molar-refractivity contribution >= 4 is 17.6 Å². The fourth-order valence-corrected chi connectivity index (χ4v) is 2.90. The van der Waals surface area contributed by atoms with Gasteiger partial charge in [-0.05, 0) is 31.9 Å². The van der Waals surface area contributed by atoms with Gasteiger partial charge in [0.15, 0.2) is 6.10 Å². The third-order valence-electron chi connectivity index (χ3n) is 4.02. The number of fused-ring (bicyclic) bond motifs is 1. The lowest BCUT2D eigenvalue weighted by Gasteiger charge is -2.25. The highest BCUT2D eigenvalue weighted by Crippen LogP contribution is 2.32.